The molecule has 0 radical (unpaired) electrons. The number of anilines is 1. The maximum absolute atomic E-state index is 12.6. The van der Waals surface area contributed by atoms with Gasteiger partial charge in [-0.2, -0.15) is 0 Å². The van der Waals surface area contributed by atoms with Gasteiger partial charge in [-0.15, -0.1) is 22.7 Å². The van der Waals surface area contributed by atoms with Crippen LogP contribution in [-0.4, -0.2) is 29.8 Å². The molecule has 2 aromatic heterocycles. The van der Waals surface area contributed by atoms with E-state index in [1.807, 2.05) is 0 Å². The number of aryl methyl sites for hydroxylation is 1. The molecule has 25 heavy (non-hydrogen) atoms. The van der Waals surface area contributed by atoms with E-state index in [9.17, 15) is 9.59 Å². The van der Waals surface area contributed by atoms with Crippen LogP contribution in [0, 0.1) is 0 Å². The molecule has 2 amide bonds. The third kappa shape index (κ3) is 3.23. The summed E-state index contributed by atoms with van der Waals surface area (Å²) in [6, 6.07) is 4.53. The van der Waals surface area contributed by atoms with Crippen LogP contribution >= 0.6 is 22.7 Å². The van der Waals surface area contributed by atoms with E-state index in [1.165, 1.54) is 21.1 Å². The van der Waals surface area contributed by atoms with E-state index in [2.05, 4.69) is 27.7 Å². The highest BCUT2D eigenvalue weighted by Gasteiger charge is 2.30. The van der Waals surface area contributed by atoms with Gasteiger partial charge in [0.05, 0.1) is 12.1 Å². The summed E-state index contributed by atoms with van der Waals surface area (Å²) < 4.78 is 0. The maximum atomic E-state index is 12.6. The summed E-state index contributed by atoms with van der Waals surface area (Å²) in [5.41, 5.74) is 7.14. The number of nitrogens with two attached hydrogens (primary N) is 1. The normalized spacial score (nSPS) is 19.9. The van der Waals surface area contributed by atoms with Crippen molar-refractivity contribution in [3.63, 3.8) is 0 Å². The molecular weight excluding hydrogens is 354 g/mol. The topological polar surface area (TPSA) is 75.4 Å². The molecule has 3 heterocycles. The molecule has 132 valence electrons. The molecule has 2 aromatic rings. The van der Waals surface area contributed by atoms with E-state index >= 15 is 0 Å². The van der Waals surface area contributed by atoms with Crippen molar-refractivity contribution in [2.45, 2.75) is 38.1 Å². The summed E-state index contributed by atoms with van der Waals surface area (Å²) in [5, 5.41) is 5.67. The molecule has 5 nitrogen and oxygen atoms in total. The Kier molecular flexibility index (Phi) is 4.62. The van der Waals surface area contributed by atoms with Crippen LogP contribution in [0.2, 0.25) is 0 Å². The van der Waals surface area contributed by atoms with Crippen molar-refractivity contribution in [2.24, 2.45) is 5.73 Å². The van der Waals surface area contributed by atoms with E-state index in [1.54, 1.807) is 11.3 Å². The zero-order valence-corrected chi connectivity index (χ0v) is 15.5. The first-order valence-corrected chi connectivity index (χ1v) is 10.3. The van der Waals surface area contributed by atoms with Crippen LogP contribution in [0.3, 0.4) is 0 Å². The van der Waals surface area contributed by atoms with Crippen molar-refractivity contribution < 1.29 is 9.59 Å². The maximum Gasteiger partial charge on any atom is 0.251 e. The van der Waals surface area contributed by atoms with Gasteiger partial charge >= 0.3 is 0 Å². The zero-order chi connectivity index (χ0) is 17.4. The molecule has 4 rings (SSSR count). The van der Waals surface area contributed by atoms with Crippen LogP contribution < -0.4 is 11.1 Å². The lowest BCUT2D eigenvalue weighted by Crippen LogP contribution is -2.33. The Morgan fingerprint density at radius 1 is 1.32 bits per heavy atom. The Balaban J connectivity index is 1.47. The molecule has 1 aliphatic carbocycles. The average Bonchev–Trinajstić information content (AvgIpc) is 3.30. The number of carbonyl (C=O) groups is 2. The van der Waals surface area contributed by atoms with E-state index in [0.29, 0.717) is 23.2 Å². The smallest absolute Gasteiger partial charge is 0.251 e. The van der Waals surface area contributed by atoms with E-state index in [4.69, 9.17) is 5.73 Å². The number of primary amides is 1. The van der Waals surface area contributed by atoms with Crippen molar-refractivity contribution in [1.82, 2.24) is 4.90 Å². The highest BCUT2D eigenvalue weighted by atomic mass is 32.1. The Morgan fingerprint density at radius 2 is 2.20 bits per heavy atom. The van der Waals surface area contributed by atoms with Gasteiger partial charge in [0.1, 0.15) is 5.00 Å². The fraction of sp³-hybridized carbons (Fsp3) is 0.444. The van der Waals surface area contributed by atoms with Gasteiger partial charge in [-0.25, -0.2) is 0 Å². The summed E-state index contributed by atoms with van der Waals surface area (Å²) in [6.07, 6.45) is 5.12. The van der Waals surface area contributed by atoms with Crippen molar-refractivity contribution in [3.05, 3.63) is 38.4 Å². The number of amides is 2. The van der Waals surface area contributed by atoms with Crippen molar-refractivity contribution >= 4 is 39.5 Å². The molecule has 1 fully saturated rings. The van der Waals surface area contributed by atoms with Gasteiger partial charge in [0, 0.05) is 15.8 Å². The number of nitrogens with zero attached hydrogens (tertiary/aromatic N) is 1. The van der Waals surface area contributed by atoms with Crippen LogP contribution in [0.15, 0.2) is 17.5 Å². The first kappa shape index (κ1) is 16.8. The molecule has 7 heteroatoms. The van der Waals surface area contributed by atoms with Gasteiger partial charge in [0.25, 0.3) is 5.91 Å². The van der Waals surface area contributed by atoms with Gasteiger partial charge in [-0.1, -0.05) is 6.07 Å². The molecule has 3 N–H and O–H groups in total. The highest BCUT2D eigenvalue weighted by molar-refractivity contribution is 7.17. The molecule has 1 saturated heterocycles. The molecule has 0 saturated carbocycles. The number of nitrogens with one attached hydrogen (secondary N) is 1. The number of thiophene rings is 2. The van der Waals surface area contributed by atoms with Gasteiger partial charge in [-0.05, 0) is 55.7 Å². The average molecular weight is 376 g/mol. The lowest BCUT2D eigenvalue weighted by molar-refractivity contribution is -0.117. The zero-order valence-electron chi connectivity index (χ0n) is 13.9. The molecule has 0 bridgehead atoms. The van der Waals surface area contributed by atoms with Crippen LogP contribution in [0.4, 0.5) is 5.00 Å². The second-order valence-corrected chi connectivity index (χ2v) is 8.70. The predicted molar refractivity (Wildman–Crippen MR) is 101 cm³/mol. The second-order valence-electron chi connectivity index (χ2n) is 6.62. The number of fused-ring (bicyclic) bond motifs is 1. The van der Waals surface area contributed by atoms with Gasteiger partial charge < -0.3 is 11.1 Å². The lowest BCUT2D eigenvalue weighted by atomic mass is 10.1. The fourth-order valence-electron chi connectivity index (χ4n) is 3.92. The predicted octanol–water partition coefficient (Wildman–Crippen LogP) is 3.17. The van der Waals surface area contributed by atoms with E-state index in [-0.39, 0.29) is 5.91 Å². The minimum Gasteiger partial charge on any atom is -0.365 e. The number of likely N-dealkylation sites (tertiary alicyclic amines) is 1. The first-order chi connectivity index (χ1) is 12.1. The van der Waals surface area contributed by atoms with Crippen molar-refractivity contribution in [1.29, 1.82) is 0 Å². The van der Waals surface area contributed by atoms with Crippen molar-refractivity contribution in [3.8, 4) is 0 Å². The summed E-state index contributed by atoms with van der Waals surface area (Å²) in [7, 11) is 0. The number of hydrogen-bond acceptors (Lipinski definition) is 5. The molecular formula is C18H21N3O2S2. The number of carbonyl (C=O) groups excluding carboxylic acids is 2. The Hall–Kier alpha value is -1.70. The molecule has 1 aliphatic heterocycles. The van der Waals surface area contributed by atoms with E-state index in [0.717, 1.165) is 44.2 Å². The van der Waals surface area contributed by atoms with Gasteiger partial charge in [-0.3, -0.25) is 14.5 Å². The van der Waals surface area contributed by atoms with Gasteiger partial charge in [0.2, 0.25) is 5.91 Å². The standard InChI is InChI=1S/C18H21N3O2S2/c19-17(23)16-11-4-1-6-13(11)25-18(16)20-15(22)10-21-8-2-5-12(21)14-7-3-9-24-14/h3,7,9,12H,1-2,4-6,8,10H2,(H2,19,23)(H,20,22)/t12-/m1/s1. The van der Waals surface area contributed by atoms with Crippen LogP contribution in [0.25, 0.3) is 0 Å². The Morgan fingerprint density at radius 3 is 2.96 bits per heavy atom. The van der Waals surface area contributed by atoms with Crippen LogP contribution in [-0.2, 0) is 17.6 Å². The second kappa shape index (κ2) is 6.90. The molecule has 0 unspecified atom stereocenters. The SMILES string of the molecule is NC(=O)c1c(NC(=O)CN2CCC[C@@H]2c2cccs2)sc2c1CCC2. The summed E-state index contributed by atoms with van der Waals surface area (Å²) in [6.45, 7) is 1.28. The molecule has 2 aliphatic rings. The highest BCUT2D eigenvalue weighted by Crippen LogP contribution is 2.39. The summed E-state index contributed by atoms with van der Waals surface area (Å²) in [4.78, 5) is 29.2. The minimum absolute atomic E-state index is 0.0640. The van der Waals surface area contributed by atoms with Crippen molar-refractivity contribution in [2.75, 3.05) is 18.4 Å². The minimum atomic E-state index is -0.438. The monoisotopic (exact) mass is 375 g/mol. The third-order valence-electron chi connectivity index (χ3n) is 5.00. The lowest BCUT2D eigenvalue weighted by Gasteiger charge is -2.22. The number of hydrogen-bond donors (Lipinski definition) is 2. The fourth-order valence-corrected chi connectivity index (χ4v) is 6.13. The summed E-state index contributed by atoms with van der Waals surface area (Å²) in [5.74, 6) is -0.502. The largest absolute Gasteiger partial charge is 0.365 e. The molecule has 0 aromatic carbocycles. The summed E-state index contributed by atoms with van der Waals surface area (Å²) >= 11 is 3.26. The van der Waals surface area contributed by atoms with E-state index < -0.39 is 5.91 Å². The Labute approximate surface area is 154 Å². The molecule has 0 spiro atoms. The third-order valence-corrected chi connectivity index (χ3v) is 7.18. The molecule has 1 atom stereocenters. The number of rotatable bonds is 5. The van der Waals surface area contributed by atoms with Crippen LogP contribution in [0.1, 0.15) is 51.0 Å². The van der Waals surface area contributed by atoms with Crippen LogP contribution in [0.5, 0.6) is 0 Å². The first-order valence-electron chi connectivity index (χ1n) is 8.65. The quantitative estimate of drug-likeness (QED) is 0.843. The van der Waals surface area contributed by atoms with Gasteiger partial charge in [0.15, 0.2) is 0 Å². The Bertz CT molecular complexity index is 798.